The number of hydrogen-bond acceptors (Lipinski definition) is 5. The third kappa shape index (κ3) is 4.20. The minimum atomic E-state index is -0.896. The van der Waals surface area contributed by atoms with Gasteiger partial charge in [-0.05, 0) is 23.8 Å². The molecule has 0 spiro atoms. The standard InChI is InChI=1S/C25H16F2N2O3/c26-16-7-9-18(21(27)12-16)24-19-10-8-17(13-22(19)32-25(29)20(24)14-28)31-23(30)11-6-15-4-2-1-3-5-15/h1-13,24H,29H2/b11-6+. The molecule has 0 aromatic heterocycles. The van der Waals surface area contributed by atoms with Crippen molar-refractivity contribution >= 4 is 12.0 Å². The Labute approximate surface area is 182 Å². The van der Waals surface area contributed by atoms with Gasteiger partial charge in [0.25, 0.3) is 0 Å². The number of allylic oxidation sites excluding steroid dienone is 1. The van der Waals surface area contributed by atoms with Gasteiger partial charge in [-0.25, -0.2) is 13.6 Å². The number of carbonyl (C=O) groups is 1. The van der Waals surface area contributed by atoms with E-state index in [1.807, 2.05) is 36.4 Å². The summed E-state index contributed by atoms with van der Waals surface area (Å²) in [5, 5.41) is 9.55. The summed E-state index contributed by atoms with van der Waals surface area (Å²) in [6.07, 6.45) is 2.90. The summed E-state index contributed by atoms with van der Waals surface area (Å²) >= 11 is 0. The number of esters is 1. The molecule has 3 aromatic carbocycles. The van der Waals surface area contributed by atoms with E-state index in [0.29, 0.717) is 5.56 Å². The average Bonchev–Trinajstić information content (AvgIpc) is 2.78. The van der Waals surface area contributed by atoms with Crippen molar-refractivity contribution in [2.75, 3.05) is 0 Å². The molecular formula is C25H16F2N2O3. The Bertz CT molecular complexity index is 1290. The molecule has 2 N–H and O–H groups in total. The van der Waals surface area contributed by atoms with Gasteiger partial charge in [-0.2, -0.15) is 5.26 Å². The molecule has 0 amide bonds. The van der Waals surface area contributed by atoms with E-state index in [9.17, 15) is 18.8 Å². The van der Waals surface area contributed by atoms with Crippen molar-refractivity contribution in [3.8, 4) is 17.6 Å². The van der Waals surface area contributed by atoms with Crippen LogP contribution in [0.3, 0.4) is 0 Å². The Morgan fingerprint density at radius 3 is 2.53 bits per heavy atom. The van der Waals surface area contributed by atoms with Crippen molar-refractivity contribution < 1.29 is 23.0 Å². The summed E-state index contributed by atoms with van der Waals surface area (Å²) in [6, 6.07) is 18.8. The number of halogens is 2. The molecule has 0 saturated heterocycles. The van der Waals surface area contributed by atoms with Gasteiger partial charge in [0.15, 0.2) is 0 Å². The molecular weight excluding hydrogens is 414 g/mol. The SMILES string of the molecule is N#CC1=C(N)Oc2cc(OC(=O)/C=C/c3ccccc3)ccc2C1c1ccc(F)cc1F. The molecule has 0 saturated carbocycles. The fraction of sp³-hybridized carbons (Fsp3) is 0.0400. The zero-order chi connectivity index (χ0) is 22.7. The fourth-order valence-corrected chi connectivity index (χ4v) is 3.43. The van der Waals surface area contributed by atoms with Gasteiger partial charge in [0.2, 0.25) is 5.88 Å². The minimum absolute atomic E-state index is 0.00135. The van der Waals surface area contributed by atoms with E-state index in [2.05, 4.69) is 0 Å². The van der Waals surface area contributed by atoms with Gasteiger partial charge in [0, 0.05) is 29.3 Å². The van der Waals surface area contributed by atoms with Gasteiger partial charge in [0.05, 0.1) is 5.92 Å². The Hall–Kier alpha value is -4.44. The maximum atomic E-state index is 14.5. The highest BCUT2D eigenvalue weighted by Gasteiger charge is 2.32. The molecule has 0 radical (unpaired) electrons. The van der Waals surface area contributed by atoms with Gasteiger partial charge in [-0.3, -0.25) is 0 Å². The molecule has 0 aliphatic carbocycles. The maximum Gasteiger partial charge on any atom is 0.336 e. The Morgan fingerprint density at radius 2 is 1.81 bits per heavy atom. The van der Waals surface area contributed by atoms with Crippen LogP contribution in [-0.4, -0.2) is 5.97 Å². The van der Waals surface area contributed by atoms with Crippen molar-refractivity contribution in [2.24, 2.45) is 5.73 Å². The minimum Gasteiger partial charge on any atom is -0.440 e. The number of carbonyl (C=O) groups excluding carboxylic acids is 1. The predicted molar refractivity (Wildman–Crippen MR) is 113 cm³/mol. The van der Waals surface area contributed by atoms with Crippen molar-refractivity contribution in [3.63, 3.8) is 0 Å². The molecule has 1 aliphatic heterocycles. The Kier molecular flexibility index (Phi) is 5.69. The van der Waals surface area contributed by atoms with E-state index in [-0.39, 0.29) is 28.5 Å². The Morgan fingerprint density at radius 1 is 1.06 bits per heavy atom. The van der Waals surface area contributed by atoms with Crippen LogP contribution in [0.2, 0.25) is 0 Å². The first-order chi connectivity index (χ1) is 15.5. The average molecular weight is 430 g/mol. The molecule has 3 aromatic rings. The first-order valence-corrected chi connectivity index (χ1v) is 9.57. The van der Waals surface area contributed by atoms with Crippen molar-refractivity contribution in [3.05, 3.63) is 113 Å². The second kappa shape index (κ2) is 8.74. The van der Waals surface area contributed by atoms with Gasteiger partial charge in [-0.1, -0.05) is 42.5 Å². The second-order valence-electron chi connectivity index (χ2n) is 6.96. The summed E-state index contributed by atoms with van der Waals surface area (Å²) in [5.41, 5.74) is 7.24. The van der Waals surface area contributed by atoms with Crippen LogP contribution < -0.4 is 15.2 Å². The number of nitrogens with zero attached hydrogens (tertiary/aromatic N) is 1. The molecule has 4 rings (SSSR count). The molecule has 5 nitrogen and oxygen atoms in total. The molecule has 32 heavy (non-hydrogen) atoms. The predicted octanol–water partition coefficient (Wildman–Crippen LogP) is 4.80. The summed E-state index contributed by atoms with van der Waals surface area (Å²) in [6.45, 7) is 0. The van der Waals surface area contributed by atoms with E-state index >= 15 is 0 Å². The zero-order valence-corrected chi connectivity index (χ0v) is 16.6. The number of rotatable bonds is 4. The van der Waals surface area contributed by atoms with E-state index in [1.54, 1.807) is 12.1 Å². The van der Waals surface area contributed by atoms with Crippen LogP contribution in [0.4, 0.5) is 8.78 Å². The second-order valence-corrected chi connectivity index (χ2v) is 6.96. The molecule has 7 heteroatoms. The quantitative estimate of drug-likeness (QED) is 0.365. The molecule has 1 heterocycles. The lowest BCUT2D eigenvalue weighted by Crippen LogP contribution is -2.21. The third-order valence-corrected chi connectivity index (χ3v) is 4.89. The first-order valence-electron chi connectivity index (χ1n) is 9.57. The zero-order valence-electron chi connectivity index (χ0n) is 16.6. The monoisotopic (exact) mass is 430 g/mol. The number of ether oxygens (including phenoxy) is 2. The summed E-state index contributed by atoms with van der Waals surface area (Å²) in [7, 11) is 0. The van der Waals surface area contributed by atoms with Crippen LogP contribution in [0.25, 0.3) is 6.08 Å². The number of nitriles is 1. The van der Waals surface area contributed by atoms with Crippen LogP contribution in [0.15, 0.2) is 84.3 Å². The lowest BCUT2D eigenvalue weighted by Gasteiger charge is -2.27. The van der Waals surface area contributed by atoms with E-state index < -0.39 is 23.5 Å². The van der Waals surface area contributed by atoms with Crippen molar-refractivity contribution in [1.82, 2.24) is 0 Å². The maximum absolute atomic E-state index is 14.5. The van der Waals surface area contributed by atoms with Gasteiger partial charge >= 0.3 is 5.97 Å². The lowest BCUT2D eigenvalue weighted by atomic mass is 9.83. The number of hydrogen-bond donors (Lipinski definition) is 1. The number of fused-ring (bicyclic) bond motifs is 1. The van der Waals surface area contributed by atoms with Crippen LogP contribution in [-0.2, 0) is 4.79 Å². The van der Waals surface area contributed by atoms with Crippen LogP contribution in [0.1, 0.15) is 22.6 Å². The molecule has 1 unspecified atom stereocenters. The fourth-order valence-electron chi connectivity index (χ4n) is 3.43. The number of nitrogens with two attached hydrogens (primary N) is 1. The lowest BCUT2D eigenvalue weighted by molar-refractivity contribution is -0.128. The summed E-state index contributed by atoms with van der Waals surface area (Å²) in [4.78, 5) is 12.2. The molecule has 1 aliphatic rings. The topological polar surface area (TPSA) is 85.3 Å². The highest BCUT2D eigenvalue weighted by Crippen LogP contribution is 2.44. The van der Waals surface area contributed by atoms with Crippen molar-refractivity contribution in [2.45, 2.75) is 5.92 Å². The summed E-state index contributed by atoms with van der Waals surface area (Å²) < 4.78 is 38.8. The normalized spacial score (nSPS) is 15.1. The van der Waals surface area contributed by atoms with Gasteiger partial charge in [-0.15, -0.1) is 0 Å². The van der Waals surface area contributed by atoms with E-state index in [1.165, 1.54) is 24.3 Å². The van der Waals surface area contributed by atoms with Gasteiger partial charge < -0.3 is 15.2 Å². The van der Waals surface area contributed by atoms with Crippen LogP contribution in [0, 0.1) is 23.0 Å². The molecule has 0 bridgehead atoms. The largest absolute Gasteiger partial charge is 0.440 e. The number of benzene rings is 3. The molecule has 158 valence electrons. The van der Waals surface area contributed by atoms with E-state index in [4.69, 9.17) is 15.2 Å². The highest BCUT2D eigenvalue weighted by molar-refractivity contribution is 5.88. The van der Waals surface area contributed by atoms with Crippen LogP contribution >= 0.6 is 0 Å². The first kappa shape index (κ1) is 20.8. The van der Waals surface area contributed by atoms with Crippen molar-refractivity contribution in [1.29, 1.82) is 5.26 Å². The van der Waals surface area contributed by atoms with Crippen LogP contribution in [0.5, 0.6) is 11.5 Å². The van der Waals surface area contributed by atoms with E-state index in [0.717, 1.165) is 17.7 Å². The smallest absolute Gasteiger partial charge is 0.336 e. The summed E-state index contributed by atoms with van der Waals surface area (Å²) in [5.74, 6) is -2.88. The molecule has 1 atom stereocenters. The Balaban J connectivity index is 1.64. The van der Waals surface area contributed by atoms with Gasteiger partial charge in [0.1, 0.15) is 34.8 Å². The third-order valence-electron chi connectivity index (χ3n) is 4.89. The molecule has 0 fully saturated rings. The highest BCUT2D eigenvalue weighted by atomic mass is 19.1.